The average Bonchev–Trinajstić information content (AvgIpc) is 3.15. The fourth-order valence-corrected chi connectivity index (χ4v) is 4.50. The van der Waals surface area contributed by atoms with E-state index in [-0.39, 0.29) is 5.91 Å². The molecule has 0 aliphatic carbocycles. The molecule has 1 atom stereocenters. The van der Waals surface area contributed by atoms with Crippen molar-refractivity contribution < 1.29 is 9.53 Å². The van der Waals surface area contributed by atoms with Gasteiger partial charge in [-0.1, -0.05) is 55.5 Å². The van der Waals surface area contributed by atoms with Gasteiger partial charge in [0.05, 0.1) is 5.69 Å². The van der Waals surface area contributed by atoms with Crippen LogP contribution in [0.25, 0.3) is 0 Å². The van der Waals surface area contributed by atoms with E-state index in [4.69, 9.17) is 4.74 Å². The Morgan fingerprint density at radius 3 is 2.62 bits per heavy atom. The highest BCUT2D eigenvalue weighted by Crippen LogP contribution is 2.29. The third-order valence-electron chi connectivity index (χ3n) is 4.97. The Balaban J connectivity index is 1.37. The van der Waals surface area contributed by atoms with Crippen molar-refractivity contribution in [1.29, 1.82) is 0 Å². The molecule has 3 aromatic rings. The van der Waals surface area contributed by atoms with Gasteiger partial charge in [0.25, 0.3) is 5.91 Å². The number of aromatic nitrogens is 1. The molecule has 0 spiro atoms. The number of para-hydroxylation sites is 1. The maximum atomic E-state index is 12.7. The largest absolute Gasteiger partial charge is 0.481 e. The van der Waals surface area contributed by atoms with E-state index in [0.29, 0.717) is 17.3 Å². The molecule has 29 heavy (non-hydrogen) atoms. The van der Waals surface area contributed by atoms with Crippen LogP contribution in [0, 0.1) is 0 Å². The molecule has 5 nitrogen and oxygen atoms in total. The number of nitrogens with zero attached hydrogens (tertiary/aromatic N) is 2. The third kappa shape index (κ3) is 5.02. The van der Waals surface area contributed by atoms with Crippen LogP contribution in [-0.2, 0) is 24.3 Å². The van der Waals surface area contributed by atoms with Gasteiger partial charge in [0, 0.05) is 30.9 Å². The molecule has 6 heteroatoms. The number of anilines is 1. The van der Waals surface area contributed by atoms with Crippen molar-refractivity contribution >= 4 is 22.4 Å². The van der Waals surface area contributed by atoms with Crippen molar-refractivity contribution in [3.05, 3.63) is 76.8 Å². The fourth-order valence-electron chi connectivity index (χ4n) is 3.45. The summed E-state index contributed by atoms with van der Waals surface area (Å²) >= 11 is 1.57. The van der Waals surface area contributed by atoms with E-state index in [1.165, 1.54) is 10.4 Å². The van der Waals surface area contributed by atoms with Gasteiger partial charge in [-0.25, -0.2) is 4.98 Å². The van der Waals surface area contributed by atoms with E-state index < -0.39 is 6.10 Å². The molecule has 1 aliphatic heterocycles. The molecule has 4 rings (SSSR count). The van der Waals surface area contributed by atoms with Crippen molar-refractivity contribution in [2.45, 2.75) is 39.0 Å². The van der Waals surface area contributed by atoms with E-state index in [1.54, 1.807) is 11.3 Å². The summed E-state index contributed by atoms with van der Waals surface area (Å²) in [6.45, 7) is 4.73. The second-order valence-corrected chi connectivity index (χ2v) is 8.24. The van der Waals surface area contributed by atoms with Crippen LogP contribution >= 0.6 is 11.3 Å². The highest BCUT2D eigenvalue weighted by molar-refractivity contribution is 7.15. The van der Waals surface area contributed by atoms with Gasteiger partial charge < -0.3 is 4.74 Å². The number of carbonyl (C=O) groups excluding carboxylic acids is 1. The zero-order valence-electron chi connectivity index (χ0n) is 16.5. The first-order valence-electron chi connectivity index (χ1n) is 9.98. The van der Waals surface area contributed by atoms with Gasteiger partial charge in [-0.2, -0.15) is 0 Å². The van der Waals surface area contributed by atoms with Crippen molar-refractivity contribution in [2.75, 3.05) is 11.9 Å². The molecule has 0 radical (unpaired) electrons. The van der Waals surface area contributed by atoms with Crippen LogP contribution in [0.15, 0.2) is 60.7 Å². The molecule has 150 valence electrons. The van der Waals surface area contributed by atoms with Gasteiger partial charge in [-0.15, -0.1) is 11.3 Å². The second-order valence-electron chi connectivity index (χ2n) is 7.15. The zero-order chi connectivity index (χ0) is 20.1. The first-order chi connectivity index (χ1) is 14.2. The van der Waals surface area contributed by atoms with Crippen LogP contribution in [-0.4, -0.2) is 28.4 Å². The van der Waals surface area contributed by atoms with Gasteiger partial charge >= 0.3 is 0 Å². The minimum absolute atomic E-state index is 0.149. The predicted octanol–water partition coefficient (Wildman–Crippen LogP) is 4.50. The van der Waals surface area contributed by atoms with Gasteiger partial charge in [-0.3, -0.25) is 15.0 Å². The Morgan fingerprint density at radius 2 is 1.90 bits per heavy atom. The second kappa shape index (κ2) is 9.20. The van der Waals surface area contributed by atoms with Crippen molar-refractivity contribution in [2.24, 2.45) is 0 Å². The van der Waals surface area contributed by atoms with Crippen LogP contribution < -0.4 is 10.1 Å². The fraction of sp³-hybridized carbons (Fsp3) is 0.304. The number of carbonyl (C=O) groups is 1. The van der Waals surface area contributed by atoms with Crippen molar-refractivity contribution in [3.8, 4) is 5.75 Å². The average molecular weight is 408 g/mol. The lowest BCUT2D eigenvalue weighted by molar-refractivity contribution is -0.122. The van der Waals surface area contributed by atoms with Crippen LogP contribution in [0.3, 0.4) is 0 Å². The highest BCUT2D eigenvalue weighted by Gasteiger charge is 2.24. The third-order valence-corrected chi connectivity index (χ3v) is 5.97. The summed E-state index contributed by atoms with van der Waals surface area (Å²) in [6.07, 6.45) is 0.969. The minimum Gasteiger partial charge on any atom is -0.481 e. The molecule has 1 amide bonds. The van der Waals surface area contributed by atoms with Gasteiger partial charge in [0.1, 0.15) is 5.75 Å². The maximum absolute atomic E-state index is 12.7. The summed E-state index contributed by atoms with van der Waals surface area (Å²) < 4.78 is 5.84. The Kier molecular flexibility index (Phi) is 6.22. The first kappa shape index (κ1) is 19.6. The molecule has 2 heterocycles. The summed E-state index contributed by atoms with van der Waals surface area (Å²) in [5.74, 6) is 0.549. The summed E-state index contributed by atoms with van der Waals surface area (Å²) in [6, 6.07) is 20.0. The normalized spacial score (nSPS) is 14.8. The van der Waals surface area contributed by atoms with Crippen LogP contribution in [0.4, 0.5) is 5.13 Å². The van der Waals surface area contributed by atoms with Crippen LogP contribution in [0.2, 0.25) is 0 Å². The standard InChI is InChI=1S/C23H25N3O2S/c1-2-20(28-18-11-7-4-8-12-18)22(27)25-23-24-19-13-14-26(16-21(19)29-23)15-17-9-5-3-6-10-17/h3-12,20H,2,13-16H2,1H3,(H,24,25,27). The molecule has 1 unspecified atom stereocenters. The lowest BCUT2D eigenvalue weighted by Crippen LogP contribution is -2.32. The molecule has 0 saturated carbocycles. The van der Waals surface area contributed by atoms with Crippen molar-refractivity contribution in [3.63, 3.8) is 0 Å². The van der Waals surface area contributed by atoms with Crippen LogP contribution in [0.1, 0.15) is 29.5 Å². The molecule has 1 N–H and O–H groups in total. The molecular weight excluding hydrogens is 382 g/mol. The Labute approximate surface area is 175 Å². The SMILES string of the molecule is CCC(Oc1ccccc1)C(=O)Nc1nc2c(s1)CN(Cc1ccccc1)CC2. The molecule has 2 aromatic carbocycles. The van der Waals surface area contributed by atoms with E-state index >= 15 is 0 Å². The molecule has 1 aromatic heterocycles. The number of thiazole rings is 1. The molecule has 0 saturated heterocycles. The topological polar surface area (TPSA) is 54.5 Å². The Hall–Kier alpha value is -2.70. The summed E-state index contributed by atoms with van der Waals surface area (Å²) in [5, 5.41) is 3.62. The summed E-state index contributed by atoms with van der Waals surface area (Å²) in [7, 11) is 0. The van der Waals surface area contributed by atoms with Crippen molar-refractivity contribution in [1.82, 2.24) is 9.88 Å². The summed E-state index contributed by atoms with van der Waals surface area (Å²) in [5.41, 5.74) is 2.42. The van der Waals surface area contributed by atoms with E-state index in [1.807, 2.05) is 43.3 Å². The van der Waals surface area contributed by atoms with E-state index in [2.05, 4.69) is 39.5 Å². The number of nitrogens with one attached hydrogen (secondary N) is 1. The van der Waals surface area contributed by atoms with E-state index in [0.717, 1.165) is 31.7 Å². The van der Waals surface area contributed by atoms with Gasteiger partial charge in [-0.05, 0) is 24.1 Å². The number of amides is 1. The lowest BCUT2D eigenvalue weighted by Gasteiger charge is -2.25. The Bertz CT molecular complexity index is 943. The zero-order valence-corrected chi connectivity index (χ0v) is 17.3. The monoisotopic (exact) mass is 407 g/mol. The Morgan fingerprint density at radius 1 is 1.17 bits per heavy atom. The van der Waals surface area contributed by atoms with Gasteiger partial charge in [0.15, 0.2) is 11.2 Å². The quantitative estimate of drug-likeness (QED) is 0.627. The molecule has 1 aliphatic rings. The number of hydrogen-bond donors (Lipinski definition) is 1. The first-order valence-corrected chi connectivity index (χ1v) is 10.8. The number of hydrogen-bond acceptors (Lipinski definition) is 5. The van der Waals surface area contributed by atoms with Crippen LogP contribution in [0.5, 0.6) is 5.75 Å². The number of ether oxygens (including phenoxy) is 1. The van der Waals surface area contributed by atoms with E-state index in [9.17, 15) is 4.79 Å². The maximum Gasteiger partial charge on any atom is 0.267 e. The highest BCUT2D eigenvalue weighted by atomic mass is 32.1. The predicted molar refractivity (Wildman–Crippen MR) is 116 cm³/mol. The number of rotatable bonds is 7. The smallest absolute Gasteiger partial charge is 0.267 e. The molecular formula is C23H25N3O2S. The van der Waals surface area contributed by atoms with Gasteiger partial charge in [0.2, 0.25) is 0 Å². The number of benzene rings is 2. The minimum atomic E-state index is -0.534. The number of fused-ring (bicyclic) bond motifs is 1. The molecule has 0 fully saturated rings. The lowest BCUT2D eigenvalue weighted by atomic mass is 10.1. The molecule has 0 bridgehead atoms. The summed E-state index contributed by atoms with van der Waals surface area (Å²) in [4.78, 5) is 21.0.